The number of amides is 2. The van der Waals surface area contributed by atoms with Crippen LogP contribution in [0.1, 0.15) is 39.2 Å². The highest BCUT2D eigenvalue weighted by Crippen LogP contribution is 2.26. The maximum atomic E-state index is 12.5. The number of nitrogens with zero attached hydrogens (tertiary/aromatic N) is 2. The molecule has 1 fully saturated rings. The number of carbonyl (C=O) groups is 2. The third-order valence-corrected chi connectivity index (χ3v) is 4.13. The van der Waals surface area contributed by atoms with Crippen LogP contribution in [0.4, 0.5) is 13.2 Å². The quantitative estimate of drug-likeness (QED) is 0.843. The maximum Gasteiger partial charge on any atom is 0.422 e. The Morgan fingerprint density at radius 2 is 2.04 bits per heavy atom. The van der Waals surface area contributed by atoms with Gasteiger partial charge in [-0.3, -0.25) is 9.59 Å². The second kappa shape index (κ2) is 8.14. The Balaban J connectivity index is 2.00. The number of carbonyl (C=O) groups excluding carboxylic acids is 2. The first-order chi connectivity index (χ1) is 12.5. The molecule has 0 aliphatic carbocycles. The number of likely N-dealkylation sites (tertiary alicyclic amines) is 1. The Bertz CT molecular complexity index is 686. The molecule has 1 saturated heterocycles. The largest absolute Gasteiger partial charge is 0.468 e. The van der Waals surface area contributed by atoms with Gasteiger partial charge in [-0.1, -0.05) is 26.8 Å². The summed E-state index contributed by atoms with van der Waals surface area (Å²) in [6, 6.07) is 2.51. The Kier molecular flexibility index (Phi) is 6.33. The molecule has 1 aromatic rings. The Morgan fingerprint density at radius 3 is 2.67 bits per heavy atom. The number of hydrogen-bond donors (Lipinski definition) is 1. The zero-order chi connectivity index (χ0) is 20.2. The van der Waals surface area contributed by atoms with Crippen LogP contribution in [0.2, 0.25) is 0 Å². The molecule has 2 amide bonds. The third-order valence-electron chi connectivity index (χ3n) is 4.13. The summed E-state index contributed by atoms with van der Waals surface area (Å²) in [5.74, 6) is -0.615. The first kappa shape index (κ1) is 21.0. The van der Waals surface area contributed by atoms with Crippen LogP contribution in [-0.2, 0) is 16.1 Å². The van der Waals surface area contributed by atoms with Crippen molar-refractivity contribution in [3.8, 4) is 5.88 Å². The summed E-state index contributed by atoms with van der Waals surface area (Å²) in [6.07, 6.45) is -1.88. The maximum absolute atomic E-state index is 12.5. The molecule has 6 nitrogen and oxygen atoms in total. The van der Waals surface area contributed by atoms with Gasteiger partial charge in [0.05, 0.1) is 0 Å². The van der Waals surface area contributed by atoms with Crippen molar-refractivity contribution in [1.29, 1.82) is 0 Å². The second-order valence-electron chi connectivity index (χ2n) is 7.50. The van der Waals surface area contributed by atoms with Gasteiger partial charge in [0.2, 0.25) is 17.7 Å². The van der Waals surface area contributed by atoms with Crippen molar-refractivity contribution < 1.29 is 27.5 Å². The van der Waals surface area contributed by atoms with Crippen LogP contribution in [0.15, 0.2) is 18.3 Å². The van der Waals surface area contributed by atoms with E-state index in [0.29, 0.717) is 18.5 Å². The van der Waals surface area contributed by atoms with Crippen molar-refractivity contribution in [3.63, 3.8) is 0 Å². The summed E-state index contributed by atoms with van der Waals surface area (Å²) in [7, 11) is 0. The molecule has 1 aliphatic heterocycles. The molecular weight excluding hydrogens is 363 g/mol. The summed E-state index contributed by atoms with van der Waals surface area (Å²) in [4.78, 5) is 30.4. The molecule has 0 spiro atoms. The Morgan fingerprint density at radius 1 is 1.33 bits per heavy atom. The summed E-state index contributed by atoms with van der Waals surface area (Å²) < 4.78 is 41.8. The van der Waals surface area contributed by atoms with Gasteiger partial charge >= 0.3 is 6.18 Å². The van der Waals surface area contributed by atoms with E-state index >= 15 is 0 Å². The van der Waals surface area contributed by atoms with Crippen LogP contribution in [0.3, 0.4) is 0 Å². The monoisotopic (exact) mass is 387 g/mol. The van der Waals surface area contributed by atoms with E-state index in [1.54, 1.807) is 31.7 Å². The zero-order valence-corrected chi connectivity index (χ0v) is 15.6. The highest BCUT2D eigenvalue weighted by Gasteiger charge is 2.38. The number of halogens is 3. The van der Waals surface area contributed by atoms with Crippen molar-refractivity contribution in [3.05, 3.63) is 23.9 Å². The van der Waals surface area contributed by atoms with E-state index in [1.165, 1.54) is 12.3 Å². The topological polar surface area (TPSA) is 71.5 Å². The van der Waals surface area contributed by atoms with Crippen LogP contribution >= 0.6 is 0 Å². The summed E-state index contributed by atoms with van der Waals surface area (Å²) in [6.45, 7) is 4.41. The molecule has 0 bridgehead atoms. The highest BCUT2D eigenvalue weighted by atomic mass is 19.4. The predicted molar refractivity (Wildman–Crippen MR) is 91.8 cm³/mol. The average Bonchev–Trinajstić information content (AvgIpc) is 3.05. The number of nitrogens with one attached hydrogen (secondary N) is 1. The van der Waals surface area contributed by atoms with E-state index in [2.05, 4.69) is 10.3 Å². The molecule has 0 radical (unpaired) electrons. The molecule has 0 saturated carbocycles. The number of rotatable bonds is 5. The predicted octanol–water partition coefficient (Wildman–Crippen LogP) is 2.68. The fraction of sp³-hybridized carbons (Fsp3) is 0.611. The lowest BCUT2D eigenvalue weighted by Crippen LogP contribution is -2.49. The van der Waals surface area contributed by atoms with Crippen molar-refractivity contribution in [2.45, 2.75) is 52.4 Å². The Labute approximate surface area is 156 Å². The van der Waals surface area contributed by atoms with Crippen molar-refractivity contribution >= 4 is 11.8 Å². The van der Waals surface area contributed by atoms with E-state index in [0.717, 1.165) is 6.42 Å². The number of hydrogen-bond acceptors (Lipinski definition) is 4. The van der Waals surface area contributed by atoms with Crippen molar-refractivity contribution in [2.75, 3.05) is 13.2 Å². The zero-order valence-electron chi connectivity index (χ0n) is 15.6. The first-order valence-electron chi connectivity index (χ1n) is 8.71. The lowest BCUT2D eigenvalue weighted by Gasteiger charge is -2.30. The molecule has 1 aliphatic rings. The summed E-state index contributed by atoms with van der Waals surface area (Å²) >= 11 is 0. The van der Waals surface area contributed by atoms with Crippen molar-refractivity contribution in [2.24, 2.45) is 5.41 Å². The van der Waals surface area contributed by atoms with Gasteiger partial charge in [-0.2, -0.15) is 13.2 Å². The minimum Gasteiger partial charge on any atom is -0.468 e. The fourth-order valence-electron chi connectivity index (χ4n) is 2.85. The smallest absolute Gasteiger partial charge is 0.422 e. The minimum atomic E-state index is -4.48. The van der Waals surface area contributed by atoms with Gasteiger partial charge in [-0.15, -0.1) is 0 Å². The van der Waals surface area contributed by atoms with E-state index in [-0.39, 0.29) is 24.2 Å². The van der Waals surface area contributed by atoms with Gasteiger partial charge < -0.3 is 15.0 Å². The van der Waals surface area contributed by atoms with E-state index < -0.39 is 24.2 Å². The number of pyridine rings is 1. The number of ether oxygens (including phenoxy) is 1. The lowest BCUT2D eigenvalue weighted by atomic mass is 9.94. The highest BCUT2D eigenvalue weighted by molar-refractivity contribution is 5.90. The van der Waals surface area contributed by atoms with Crippen LogP contribution < -0.4 is 10.1 Å². The molecule has 1 N–H and O–H groups in total. The van der Waals surface area contributed by atoms with Gasteiger partial charge in [0.15, 0.2) is 6.61 Å². The van der Waals surface area contributed by atoms with Gasteiger partial charge in [0.25, 0.3) is 0 Å². The molecule has 27 heavy (non-hydrogen) atoms. The standard InChI is InChI=1S/C18H24F3N3O3/c1-17(2,3)16(26)24-9-5-7-13(24)14(25)23-10-12-6-4-8-22-15(12)27-11-18(19,20)21/h4,6,8,13H,5,7,9-11H2,1-3H3,(H,23,25). The van der Waals surface area contributed by atoms with Crippen LogP contribution in [-0.4, -0.2) is 47.1 Å². The molecular formula is C18H24F3N3O3. The summed E-state index contributed by atoms with van der Waals surface area (Å²) in [5, 5.41) is 2.68. The molecule has 1 atom stereocenters. The molecule has 150 valence electrons. The fourth-order valence-corrected chi connectivity index (χ4v) is 2.85. The summed E-state index contributed by atoms with van der Waals surface area (Å²) in [5.41, 5.74) is -0.257. The van der Waals surface area contributed by atoms with Crippen molar-refractivity contribution in [1.82, 2.24) is 15.2 Å². The lowest BCUT2D eigenvalue weighted by molar-refractivity contribution is -0.154. The molecule has 0 aromatic carbocycles. The molecule has 9 heteroatoms. The van der Waals surface area contributed by atoms with Crippen LogP contribution in [0.5, 0.6) is 5.88 Å². The average molecular weight is 387 g/mol. The SMILES string of the molecule is CC(C)(C)C(=O)N1CCCC1C(=O)NCc1cccnc1OCC(F)(F)F. The van der Waals surface area contributed by atoms with E-state index in [1.807, 2.05) is 0 Å². The van der Waals surface area contributed by atoms with Crippen LogP contribution in [0.25, 0.3) is 0 Å². The van der Waals surface area contributed by atoms with Crippen LogP contribution in [0, 0.1) is 5.41 Å². The molecule has 1 aromatic heterocycles. The molecule has 1 unspecified atom stereocenters. The number of aromatic nitrogens is 1. The van der Waals surface area contributed by atoms with Gasteiger partial charge in [-0.05, 0) is 18.9 Å². The van der Waals surface area contributed by atoms with E-state index in [4.69, 9.17) is 4.74 Å². The second-order valence-corrected chi connectivity index (χ2v) is 7.50. The van der Waals surface area contributed by atoms with Gasteiger partial charge in [-0.25, -0.2) is 4.98 Å². The Hall–Kier alpha value is -2.32. The minimum absolute atomic E-state index is 0.0338. The van der Waals surface area contributed by atoms with E-state index in [9.17, 15) is 22.8 Å². The molecule has 2 rings (SSSR count). The van der Waals surface area contributed by atoms with Gasteiger partial charge in [0.1, 0.15) is 6.04 Å². The number of alkyl halides is 3. The normalized spacial score (nSPS) is 17.7. The molecule has 2 heterocycles. The first-order valence-corrected chi connectivity index (χ1v) is 8.71. The van der Waals surface area contributed by atoms with Gasteiger partial charge in [0, 0.05) is 30.3 Å². The third kappa shape index (κ3) is 5.83.